The number of carbonyl (C=O) groups is 1. The van der Waals surface area contributed by atoms with Crippen LogP contribution in [-0.4, -0.2) is 24.0 Å². The molecule has 1 amide bonds. The van der Waals surface area contributed by atoms with E-state index in [0.717, 1.165) is 49.3 Å². The highest BCUT2D eigenvalue weighted by Crippen LogP contribution is 2.22. The smallest absolute Gasteiger partial charge is 0.224 e. The molecule has 140 valence electrons. The zero-order valence-electron chi connectivity index (χ0n) is 15.8. The summed E-state index contributed by atoms with van der Waals surface area (Å²) in [5.41, 5.74) is 5.52. The summed E-state index contributed by atoms with van der Waals surface area (Å²) in [7, 11) is 0. The summed E-state index contributed by atoms with van der Waals surface area (Å²) < 4.78 is 0. The molecule has 4 heteroatoms. The number of rotatable bonds is 5. The number of allylic oxidation sites excluding steroid dienone is 1. The van der Waals surface area contributed by atoms with Crippen molar-refractivity contribution in [1.29, 1.82) is 0 Å². The molecule has 27 heavy (non-hydrogen) atoms. The second-order valence-corrected chi connectivity index (χ2v) is 7.46. The molecule has 0 saturated carbocycles. The molecule has 0 radical (unpaired) electrons. The number of nitrogens with one attached hydrogen (secondary N) is 1. The van der Waals surface area contributed by atoms with Gasteiger partial charge < -0.3 is 10.2 Å². The zero-order valence-corrected chi connectivity index (χ0v) is 15.8. The van der Waals surface area contributed by atoms with Crippen LogP contribution in [0.1, 0.15) is 48.9 Å². The van der Waals surface area contributed by atoms with Gasteiger partial charge in [0.25, 0.3) is 0 Å². The molecule has 1 saturated heterocycles. The van der Waals surface area contributed by atoms with Gasteiger partial charge in [-0.05, 0) is 67.9 Å². The van der Waals surface area contributed by atoms with Gasteiger partial charge >= 0.3 is 0 Å². The lowest BCUT2D eigenvalue weighted by Gasteiger charge is -2.28. The number of fused-ring (bicyclic) bond motifs is 1. The van der Waals surface area contributed by atoms with Crippen LogP contribution in [0.2, 0.25) is 0 Å². The maximum Gasteiger partial charge on any atom is 0.224 e. The van der Waals surface area contributed by atoms with Crippen LogP contribution in [0.3, 0.4) is 0 Å². The highest BCUT2D eigenvalue weighted by atomic mass is 16.1. The Morgan fingerprint density at radius 1 is 1.11 bits per heavy atom. The Labute approximate surface area is 161 Å². The summed E-state index contributed by atoms with van der Waals surface area (Å²) >= 11 is 0. The van der Waals surface area contributed by atoms with E-state index in [0.29, 0.717) is 6.42 Å². The van der Waals surface area contributed by atoms with E-state index in [1.807, 2.05) is 6.07 Å². The van der Waals surface area contributed by atoms with Gasteiger partial charge in [0.1, 0.15) is 0 Å². The van der Waals surface area contributed by atoms with Crippen LogP contribution in [0.5, 0.6) is 0 Å². The van der Waals surface area contributed by atoms with Gasteiger partial charge in [-0.25, -0.2) is 0 Å². The number of benzene rings is 1. The third-order valence-electron chi connectivity index (χ3n) is 5.43. The summed E-state index contributed by atoms with van der Waals surface area (Å²) in [6.45, 7) is 2.32. The summed E-state index contributed by atoms with van der Waals surface area (Å²) in [5, 5.41) is 2.98. The normalized spacial score (nSPS) is 16.1. The molecule has 0 unspecified atom stereocenters. The van der Waals surface area contributed by atoms with E-state index >= 15 is 0 Å². The minimum Gasteiger partial charge on any atom is -0.372 e. The number of pyridine rings is 1. The first kappa shape index (κ1) is 17.8. The Bertz CT molecular complexity index is 820. The second-order valence-electron chi connectivity index (χ2n) is 7.46. The number of amides is 1. The van der Waals surface area contributed by atoms with E-state index in [9.17, 15) is 4.79 Å². The van der Waals surface area contributed by atoms with Crippen LogP contribution >= 0.6 is 0 Å². The van der Waals surface area contributed by atoms with Crippen molar-refractivity contribution >= 4 is 23.4 Å². The van der Waals surface area contributed by atoms with E-state index in [-0.39, 0.29) is 5.91 Å². The molecule has 1 aromatic heterocycles. The highest BCUT2D eigenvalue weighted by molar-refractivity contribution is 5.91. The molecule has 4 rings (SSSR count). The van der Waals surface area contributed by atoms with Crippen molar-refractivity contribution in [2.75, 3.05) is 23.3 Å². The Morgan fingerprint density at radius 3 is 2.74 bits per heavy atom. The Hall–Kier alpha value is -2.62. The Balaban J connectivity index is 1.29. The average Bonchev–Trinajstić information content (AvgIpc) is 2.73. The lowest BCUT2D eigenvalue weighted by Crippen LogP contribution is -2.29. The minimum absolute atomic E-state index is 0.0386. The maximum absolute atomic E-state index is 12.3. The van der Waals surface area contributed by atoms with E-state index in [4.69, 9.17) is 0 Å². The maximum atomic E-state index is 12.3. The first-order valence-corrected chi connectivity index (χ1v) is 10.1. The zero-order chi connectivity index (χ0) is 18.5. The molecule has 1 aliphatic carbocycles. The van der Waals surface area contributed by atoms with Gasteiger partial charge in [-0.15, -0.1) is 0 Å². The van der Waals surface area contributed by atoms with Crippen LogP contribution < -0.4 is 10.2 Å². The van der Waals surface area contributed by atoms with Crippen molar-refractivity contribution in [2.24, 2.45) is 0 Å². The van der Waals surface area contributed by atoms with E-state index in [1.165, 1.54) is 30.5 Å². The topological polar surface area (TPSA) is 45.2 Å². The van der Waals surface area contributed by atoms with Crippen molar-refractivity contribution in [3.8, 4) is 0 Å². The van der Waals surface area contributed by atoms with Crippen molar-refractivity contribution in [2.45, 2.75) is 44.9 Å². The fourth-order valence-corrected chi connectivity index (χ4v) is 3.87. The molecule has 0 bridgehead atoms. The standard InChI is InChI=1S/C23H27N3O/c27-23(25-20-16-19-6-2-3-7-22(19)24-17-20)13-10-18-8-11-21(12-9-18)26-14-4-1-5-15-26/h2,6,8-9,11-12,16-17H,1,3-5,7,10,13-15H2,(H,25,27). The minimum atomic E-state index is 0.0386. The molecule has 4 nitrogen and oxygen atoms in total. The molecule has 1 N–H and O–H groups in total. The number of hydrogen-bond donors (Lipinski definition) is 1. The number of piperidine rings is 1. The molecule has 0 atom stereocenters. The van der Waals surface area contributed by atoms with Gasteiger partial charge in [0.2, 0.25) is 5.91 Å². The van der Waals surface area contributed by atoms with Crippen LogP contribution in [0.25, 0.3) is 6.08 Å². The quantitative estimate of drug-likeness (QED) is 0.846. The van der Waals surface area contributed by atoms with E-state index in [1.54, 1.807) is 6.20 Å². The summed E-state index contributed by atoms with van der Waals surface area (Å²) in [5.74, 6) is 0.0386. The summed E-state index contributed by atoms with van der Waals surface area (Å²) in [6.07, 6.45) is 13.2. The van der Waals surface area contributed by atoms with E-state index in [2.05, 4.69) is 51.6 Å². The summed E-state index contributed by atoms with van der Waals surface area (Å²) in [6, 6.07) is 10.7. The molecule has 2 heterocycles. The SMILES string of the molecule is O=C(CCc1ccc(N2CCCCC2)cc1)Nc1cnc2c(c1)C=CCC2. The van der Waals surface area contributed by atoms with Gasteiger partial charge in [0.05, 0.1) is 11.9 Å². The Morgan fingerprint density at radius 2 is 1.93 bits per heavy atom. The largest absolute Gasteiger partial charge is 0.372 e. The van der Waals surface area contributed by atoms with Gasteiger partial charge in [-0.1, -0.05) is 24.3 Å². The number of aryl methyl sites for hydroxylation is 2. The van der Waals surface area contributed by atoms with Crippen molar-refractivity contribution in [1.82, 2.24) is 4.98 Å². The fraction of sp³-hybridized carbons (Fsp3) is 0.391. The van der Waals surface area contributed by atoms with Gasteiger partial charge in [-0.3, -0.25) is 9.78 Å². The predicted octanol–water partition coefficient (Wildman–Crippen LogP) is 4.60. The van der Waals surface area contributed by atoms with Crippen LogP contribution in [0, 0.1) is 0 Å². The lowest BCUT2D eigenvalue weighted by atomic mass is 10.0. The highest BCUT2D eigenvalue weighted by Gasteiger charge is 2.11. The molecule has 0 spiro atoms. The number of carbonyl (C=O) groups excluding carboxylic acids is 1. The number of hydrogen-bond acceptors (Lipinski definition) is 3. The number of anilines is 2. The van der Waals surface area contributed by atoms with Crippen molar-refractivity contribution in [3.63, 3.8) is 0 Å². The molecule has 1 aliphatic heterocycles. The summed E-state index contributed by atoms with van der Waals surface area (Å²) in [4.78, 5) is 19.2. The fourth-order valence-electron chi connectivity index (χ4n) is 3.87. The lowest BCUT2D eigenvalue weighted by molar-refractivity contribution is -0.116. The molecule has 2 aromatic rings. The van der Waals surface area contributed by atoms with Gasteiger partial charge in [-0.2, -0.15) is 0 Å². The third-order valence-corrected chi connectivity index (χ3v) is 5.43. The first-order chi connectivity index (χ1) is 13.3. The molecule has 1 fully saturated rings. The first-order valence-electron chi connectivity index (χ1n) is 10.1. The van der Waals surface area contributed by atoms with E-state index < -0.39 is 0 Å². The number of nitrogens with zero attached hydrogens (tertiary/aromatic N) is 2. The molecular weight excluding hydrogens is 334 g/mol. The van der Waals surface area contributed by atoms with Gasteiger partial charge in [0.15, 0.2) is 0 Å². The van der Waals surface area contributed by atoms with Crippen molar-refractivity contribution < 1.29 is 4.79 Å². The molecule has 1 aromatic carbocycles. The van der Waals surface area contributed by atoms with Crippen LogP contribution in [0.4, 0.5) is 11.4 Å². The average molecular weight is 361 g/mol. The molecular formula is C23H27N3O. The molecule has 2 aliphatic rings. The van der Waals surface area contributed by atoms with Crippen molar-refractivity contribution in [3.05, 3.63) is 59.4 Å². The van der Waals surface area contributed by atoms with Crippen LogP contribution in [0.15, 0.2) is 42.6 Å². The second kappa shape index (κ2) is 8.38. The third kappa shape index (κ3) is 4.57. The van der Waals surface area contributed by atoms with Gasteiger partial charge in [0, 0.05) is 30.9 Å². The monoisotopic (exact) mass is 361 g/mol. The van der Waals surface area contributed by atoms with Crippen LogP contribution in [-0.2, 0) is 17.6 Å². The number of aromatic nitrogens is 1. The Kier molecular flexibility index (Phi) is 5.52. The predicted molar refractivity (Wildman–Crippen MR) is 111 cm³/mol.